The summed E-state index contributed by atoms with van der Waals surface area (Å²) < 4.78 is 5.53. The van der Waals surface area contributed by atoms with E-state index in [-0.39, 0.29) is 12.4 Å². The van der Waals surface area contributed by atoms with Crippen LogP contribution in [0.3, 0.4) is 0 Å². The molecule has 0 aromatic heterocycles. The van der Waals surface area contributed by atoms with Crippen molar-refractivity contribution in [2.75, 3.05) is 13.2 Å². The van der Waals surface area contributed by atoms with Gasteiger partial charge in [-0.2, -0.15) is 0 Å². The second-order valence-corrected chi connectivity index (χ2v) is 5.43. The number of ketones is 1. The van der Waals surface area contributed by atoms with Gasteiger partial charge in [-0.05, 0) is 48.7 Å². The number of carboxylic acid groups (broad SMARTS) is 1. The third-order valence-corrected chi connectivity index (χ3v) is 3.53. The molecule has 0 heterocycles. The maximum absolute atomic E-state index is 12.5. The summed E-state index contributed by atoms with van der Waals surface area (Å²) >= 11 is 0. The van der Waals surface area contributed by atoms with Gasteiger partial charge in [-0.1, -0.05) is 24.3 Å². The Morgan fingerprint density at radius 1 is 0.920 bits per heavy atom. The molecule has 0 spiro atoms. The van der Waals surface area contributed by atoms with Crippen LogP contribution in [0, 0.1) is 0 Å². The standard InChI is InChI=1S/C20H20O5/c21-13-1-2-14-25-18-10-8-17(9-11-18)20(24)16-6-3-15(4-7-16)5-12-19(22)23/h3-12,21H,1-2,13-14H2,(H,22,23)/b12-5+. The Kier molecular flexibility index (Phi) is 6.92. The molecule has 0 aliphatic carbocycles. The maximum atomic E-state index is 12.5. The molecule has 5 nitrogen and oxygen atoms in total. The first-order valence-electron chi connectivity index (χ1n) is 7.99. The normalized spacial score (nSPS) is 10.8. The van der Waals surface area contributed by atoms with Gasteiger partial charge in [0.15, 0.2) is 5.78 Å². The highest BCUT2D eigenvalue weighted by Crippen LogP contribution is 2.16. The van der Waals surface area contributed by atoms with Crippen molar-refractivity contribution >= 4 is 17.8 Å². The maximum Gasteiger partial charge on any atom is 0.328 e. The van der Waals surface area contributed by atoms with Gasteiger partial charge < -0.3 is 14.9 Å². The first kappa shape index (κ1) is 18.4. The molecule has 0 fully saturated rings. The Bertz CT molecular complexity index is 730. The topological polar surface area (TPSA) is 83.8 Å². The molecule has 0 radical (unpaired) electrons. The predicted octanol–water partition coefficient (Wildman–Crippen LogP) is 3.17. The van der Waals surface area contributed by atoms with Gasteiger partial charge in [0, 0.05) is 23.8 Å². The number of carbonyl (C=O) groups excluding carboxylic acids is 1. The van der Waals surface area contributed by atoms with Crippen LogP contribution in [0.2, 0.25) is 0 Å². The van der Waals surface area contributed by atoms with Gasteiger partial charge in [0.25, 0.3) is 0 Å². The van der Waals surface area contributed by atoms with E-state index in [0.717, 1.165) is 12.5 Å². The molecule has 0 aliphatic heterocycles. The van der Waals surface area contributed by atoms with Crippen molar-refractivity contribution in [3.63, 3.8) is 0 Å². The van der Waals surface area contributed by atoms with Crippen LogP contribution >= 0.6 is 0 Å². The van der Waals surface area contributed by atoms with Crippen LogP contribution in [0.1, 0.15) is 34.3 Å². The van der Waals surface area contributed by atoms with E-state index in [1.54, 1.807) is 48.5 Å². The van der Waals surface area contributed by atoms with Gasteiger partial charge in [-0.3, -0.25) is 4.79 Å². The number of rotatable bonds is 9. The molecule has 25 heavy (non-hydrogen) atoms. The van der Waals surface area contributed by atoms with Crippen LogP contribution in [-0.2, 0) is 4.79 Å². The number of hydrogen-bond donors (Lipinski definition) is 2. The minimum Gasteiger partial charge on any atom is -0.494 e. The number of aliphatic hydroxyl groups excluding tert-OH is 1. The van der Waals surface area contributed by atoms with Crippen LogP contribution in [0.25, 0.3) is 6.08 Å². The van der Waals surface area contributed by atoms with Crippen molar-refractivity contribution in [3.8, 4) is 5.75 Å². The first-order chi connectivity index (χ1) is 12.1. The SMILES string of the molecule is O=C(O)/C=C/c1ccc(C(=O)c2ccc(OCCCCO)cc2)cc1. The van der Waals surface area contributed by atoms with Gasteiger partial charge in [-0.25, -0.2) is 4.79 Å². The Morgan fingerprint density at radius 2 is 1.52 bits per heavy atom. The second kappa shape index (κ2) is 9.39. The first-order valence-corrected chi connectivity index (χ1v) is 7.99. The molecule has 2 N–H and O–H groups in total. The highest BCUT2D eigenvalue weighted by atomic mass is 16.5. The number of carboxylic acids is 1. The largest absolute Gasteiger partial charge is 0.494 e. The molecule has 0 atom stereocenters. The third kappa shape index (κ3) is 5.90. The van der Waals surface area contributed by atoms with Crippen molar-refractivity contribution < 1.29 is 24.5 Å². The summed E-state index contributed by atoms with van der Waals surface area (Å²) in [4.78, 5) is 22.9. The lowest BCUT2D eigenvalue weighted by Crippen LogP contribution is -2.02. The van der Waals surface area contributed by atoms with E-state index >= 15 is 0 Å². The summed E-state index contributed by atoms with van der Waals surface area (Å²) in [6.45, 7) is 0.681. The summed E-state index contributed by atoms with van der Waals surface area (Å²) in [6.07, 6.45) is 4.00. The summed E-state index contributed by atoms with van der Waals surface area (Å²) in [6, 6.07) is 13.7. The zero-order valence-electron chi connectivity index (χ0n) is 13.7. The number of hydrogen-bond acceptors (Lipinski definition) is 4. The molecule has 0 saturated carbocycles. The zero-order chi connectivity index (χ0) is 18.1. The van der Waals surface area contributed by atoms with E-state index < -0.39 is 5.97 Å². The van der Waals surface area contributed by atoms with Gasteiger partial charge in [-0.15, -0.1) is 0 Å². The molecule has 0 bridgehead atoms. The van der Waals surface area contributed by atoms with E-state index in [1.165, 1.54) is 6.08 Å². The minimum atomic E-state index is -1.01. The van der Waals surface area contributed by atoms with Crippen LogP contribution < -0.4 is 4.74 Å². The molecule has 0 aliphatic rings. The fourth-order valence-corrected chi connectivity index (χ4v) is 2.19. The highest BCUT2D eigenvalue weighted by molar-refractivity contribution is 6.09. The molecule has 2 aromatic carbocycles. The Labute approximate surface area is 146 Å². The van der Waals surface area contributed by atoms with E-state index in [4.69, 9.17) is 14.9 Å². The predicted molar refractivity (Wildman–Crippen MR) is 94.8 cm³/mol. The molecule has 0 unspecified atom stereocenters. The van der Waals surface area contributed by atoms with Crippen LogP contribution in [0.5, 0.6) is 5.75 Å². The smallest absolute Gasteiger partial charge is 0.328 e. The lowest BCUT2D eigenvalue weighted by atomic mass is 10.0. The number of carbonyl (C=O) groups is 2. The average Bonchev–Trinajstić information content (AvgIpc) is 2.64. The molecule has 2 rings (SSSR count). The number of benzene rings is 2. The lowest BCUT2D eigenvalue weighted by molar-refractivity contribution is -0.131. The molecule has 130 valence electrons. The van der Waals surface area contributed by atoms with E-state index in [2.05, 4.69) is 0 Å². The summed E-state index contributed by atoms with van der Waals surface area (Å²) in [5.74, 6) is -0.442. The quantitative estimate of drug-likeness (QED) is 0.416. The Hall–Kier alpha value is -2.92. The number of aliphatic hydroxyl groups is 1. The van der Waals surface area contributed by atoms with Gasteiger partial charge in [0.1, 0.15) is 5.75 Å². The molecular weight excluding hydrogens is 320 g/mol. The third-order valence-electron chi connectivity index (χ3n) is 3.53. The van der Waals surface area contributed by atoms with E-state index in [1.807, 2.05) is 0 Å². The molecule has 0 saturated heterocycles. The number of aliphatic carboxylic acids is 1. The monoisotopic (exact) mass is 340 g/mol. The summed E-state index contributed by atoms with van der Waals surface area (Å²) in [5.41, 5.74) is 1.80. The molecular formula is C20H20O5. The van der Waals surface area contributed by atoms with Gasteiger partial charge in [0.2, 0.25) is 0 Å². The minimum absolute atomic E-state index is 0.111. The number of unbranched alkanes of at least 4 members (excludes halogenated alkanes) is 1. The fraction of sp³-hybridized carbons (Fsp3) is 0.200. The van der Waals surface area contributed by atoms with Crippen molar-refractivity contribution in [2.24, 2.45) is 0 Å². The highest BCUT2D eigenvalue weighted by Gasteiger charge is 2.09. The summed E-state index contributed by atoms with van der Waals surface area (Å²) in [5, 5.41) is 17.3. The molecule has 5 heteroatoms. The Balaban J connectivity index is 1.99. The van der Waals surface area contributed by atoms with Gasteiger partial charge >= 0.3 is 5.97 Å². The van der Waals surface area contributed by atoms with Crippen LogP contribution in [0.4, 0.5) is 0 Å². The van der Waals surface area contributed by atoms with Crippen LogP contribution in [-0.4, -0.2) is 35.2 Å². The number of ether oxygens (including phenoxy) is 1. The van der Waals surface area contributed by atoms with Crippen molar-refractivity contribution in [1.29, 1.82) is 0 Å². The van der Waals surface area contributed by atoms with Crippen molar-refractivity contribution in [2.45, 2.75) is 12.8 Å². The Morgan fingerprint density at radius 3 is 2.08 bits per heavy atom. The molecule has 0 amide bonds. The summed E-state index contributed by atoms with van der Waals surface area (Å²) in [7, 11) is 0. The average molecular weight is 340 g/mol. The second-order valence-electron chi connectivity index (χ2n) is 5.43. The zero-order valence-corrected chi connectivity index (χ0v) is 13.7. The van der Waals surface area contributed by atoms with Crippen LogP contribution in [0.15, 0.2) is 54.6 Å². The lowest BCUT2D eigenvalue weighted by Gasteiger charge is -2.07. The van der Waals surface area contributed by atoms with E-state index in [0.29, 0.717) is 35.5 Å². The molecule has 2 aromatic rings. The van der Waals surface area contributed by atoms with E-state index in [9.17, 15) is 9.59 Å². The van der Waals surface area contributed by atoms with Gasteiger partial charge in [0.05, 0.1) is 6.61 Å². The fourth-order valence-electron chi connectivity index (χ4n) is 2.19. The van der Waals surface area contributed by atoms with Crippen molar-refractivity contribution in [3.05, 3.63) is 71.3 Å². The van der Waals surface area contributed by atoms with Crippen molar-refractivity contribution in [1.82, 2.24) is 0 Å².